The maximum absolute atomic E-state index is 5.78. The summed E-state index contributed by atoms with van der Waals surface area (Å²) in [6.45, 7) is 5.77. The van der Waals surface area contributed by atoms with Crippen LogP contribution < -0.4 is 11.1 Å². The molecular formula is C12H15BrN4O. The minimum atomic E-state index is -0.0643. The molecule has 1 unspecified atom stereocenters. The van der Waals surface area contributed by atoms with Gasteiger partial charge in [-0.2, -0.15) is 0 Å². The molecule has 0 saturated carbocycles. The number of nitrogens with two attached hydrogens (primary N) is 1. The first kappa shape index (κ1) is 12.9. The molecule has 2 heterocycles. The maximum atomic E-state index is 5.78. The summed E-state index contributed by atoms with van der Waals surface area (Å²) in [6, 6.07) is -0.0643. The molecule has 0 saturated heterocycles. The highest BCUT2D eigenvalue weighted by atomic mass is 79.9. The largest absolute Gasteiger partial charge is 0.444 e. The first-order valence-corrected chi connectivity index (χ1v) is 6.37. The second kappa shape index (κ2) is 4.97. The lowest BCUT2D eigenvalue weighted by atomic mass is 10.2. The molecule has 2 aromatic heterocycles. The van der Waals surface area contributed by atoms with Crippen LogP contribution in [0.15, 0.2) is 21.3 Å². The number of nitrogens with zero attached hydrogens (tertiary/aromatic N) is 2. The third kappa shape index (κ3) is 2.48. The van der Waals surface area contributed by atoms with E-state index in [1.807, 2.05) is 20.8 Å². The van der Waals surface area contributed by atoms with Crippen LogP contribution in [0, 0.1) is 13.8 Å². The molecule has 0 aliphatic heterocycles. The topological polar surface area (TPSA) is 77.0 Å². The van der Waals surface area contributed by atoms with Gasteiger partial charge in [0.1, 0.15) is 17.6 Å². The van der Waals surface area contributed by atoms with Gasteiger partial charge in [-0.25, -0.2) is 9.97 Å². The van der Waals surface area contributed by atoms with Gasteiger partial charge in [0.2, 0.25) is 5.89 Å². The van der Waals surface area contributed by atoms with E-state index in [1.54, 1.807) is 12.4 Å². The van der Waals surface area contributed by atoms with E-state index in [1.165, 1.54) is 0 Å². The first-order valence-electron chi connectivity index (χ1n) is 5.58. The first-order chi connectivity index (χ1) is 8.49. The summed E-state index contributed by atoms with van der Waals surface area (Å²) in [5.41, 5.74) is 7.40. The van der Waals surface area contributed by atoms with Crippen molar-refractivity contribution in [3.8, 4) is 0 Å². The summed E-state index contributed by atoms with van der Waals surface area (Å²) >= 11 is 3.48. The Morgan fingerprint density at radius 3 is 2.67 bits per heavy atom. The monoisotopic (exact) mass is 310 g/mol. The Hall–Kier alpha value is -1.56. The Balaban J connectivity index is 2.22. The van der Waals surface area contributed by atoms with Gasteiger partial charge in [0, 0.05) is 0 Å². The number of hydrogen-bond acceptors (Lipinski definition) is 5. The van der Waals surface area contributed by atoms with Crippen LogP contribution in [0.25, 0.3) is 0 Å². The Labute approximate surface area is 114 Å². The molecule has 0 radical (unpaired) electrons. The van der Waals surface area contributed by atoms with Gasteiger partial charge in [-0.3, -0.25) is 0 Å². The van der Waals surface area contributed by atoms with Crippen molar-refractivity contribution < 1.29 is 4.42 Å². The van der Waals surface area contributed by atoms with E-state index in [9.17, 15) is 0 Å². The number of hydrogen-bond donors (Lipinski definition) is 2. The fraction of sp³-hybridized carbons (Fsp3) is 0.333. The number of pyridine rings is 1. The van der Waals surface area contributed by atoms with Gasteiger partial charge in [-0.15, -0.1) is 0 Å². The highest BCUT2D eigenvalue weighted by molar-refractivity contribution is 9.10. The second-order valence-electron chi connectivity index (χ2n) is 4.18. The van der Waals surface area contributed by atoms with Crippen LogP contribution >= 0.6 is 15.9 Å². The lowest BCUT2D eigenvalue weighted by molar-refractivity contribution is 0.453. The molecule has 0 amide bonds. The van der Waals surface area contributed by atoms with Crippen LogP contribution in [0.5, 0.6) is 0 Å². The molecule has 0 bridgehead atoms. The number of halogens is 1. The Morgan fingerprint density at radius 1 is 1.33 bits per heavy atom. The molecular weight excluding hydrogens is 296 g/mol. The van der Waals surface area contributed by atoms with Crippen molar-refractivity contribution in [1.29, 1.82) is 0 Å². The smallest absolute Gasteiger partial charge is 0.216 e. The molecule has 0 aromatic carbocycles. The third-order valence-corrected chi connectivity index (χ3v) is 3.64. The molecule has 0 spiro atoms. The summed E-state index contributed by atoms with van der Waals surface area (Å²) in [6.07, 6.45) is 3.33. The van der Waals surface area contributed by atoms with Crippen molar-refractivity contribution in [3.63, 3.8) is 0 Å². The fourth-order valence-corrected chi connectivity index (χ4v) is 1.98. The average molecular weight is 311 g/mol. The van der Waals surface area contributed by atoms with Crippen LogP contribution in [0.1, 0.15) is 30.2 Å². The van der Waals surface area contributed by atoms with Crippen LogP contribution in [-0.4, -0.2) is 9.97 Å². The zero-order chi connectivity index (χ0) is 13.3. The third-order valence-electron chi connectivity index (χ3n) is 2.67. The molecule has 18 heavy (non-hydrogen) atoms. The highest BCUT2D eigenvalue weighted by Crippen LogP contribution is 2.30. The van der Waals surface area contributed by atoms with Crippen LogP contribution in [-0.2, 0) is 0 Å². The number of rotatable bonds is 3. The number of aromatic nitrogens is 2. The average Bonchev–Trinajstić information content (AvgIpc) is 2.77. The minimum absolute atomic E-state index is 0.0643. The minimum Gasteiger partial charge on any atom is -0.444 e. The van der Waals surface area contributed by atoms with Gasteiger partial charge >= 0.3 is 0 Å². The summed E-state index contributed by atoms with van der Waals surface area (Å²) < 4.78 is 6.33. The SMILES string of the molecule is Cc1cnc(C(C)Nc2ncc(N)c(C)c2Br)o1. The summed E-state index contributed by atoms with van der Waals surface area (Å²) in [7, 11) is 0. The normalized spacial score (nSPS) is 12.4. The van der Waals surface area contributed by atoms with Crippen molar-refractivity contribution in [2.45, 2.75) is 26.8 Å². The van der Waals surface area contributed by atoms with Crippen molar-refractivity contribution in [1.82, 2.24) is 9.97 Å². The molecule has 0 fully saturated rings. The van der Waals surface area contributed by atoms with E-state index >= 15 is 0 Å². The van der Waals surface area contributed by atoms with Gasteiger partial charge < -0.3 is 15.5 Å². The van der Waals surface area contributed by atoms with Crippen LogP contribution in [0.2, 0.25) is 0 Å². The van der Waals surface area contributed by atoms with Gasteiger partial charge in [0.05, 0.1) is 22.6 Å². The quantitative estimate of drug-likeness (QED) is 0.910. The summed E-state index contributed by atoms with van der Waals surface area (Å²) in [4.78, 5) is 8.44. The lowest BCUT2D eigenvalue weighted by Gasteiger charge is -2.14. The summed E-state index contributed by atoms with van der Waals surface area (Å²) in [5, 5.41) is 3.24. The van der Waals surface area contributed by atoms with Gasteiger partial charge in [0.15, 0.2) is 0 Å². The van der Waals surface area contributed by atoms with Crippen LogP contribution in [0.4, 0.5) is 11.5 Å². The molecule has 0 aliphatic carbocycles. The van der Waals surface area contributed by atoms with E-state index in [-0.39, 0.29) is 6.04 Å². The standard InChI is InChI=1S/C12H15BrN4O/c1-6-4-16-12(18-6)8(3)17-11-10(13)7(2)9(14)5-15-11/h4-5,8H,14H2,1-3H3,(H,15,17). The number of nitrogens with one attached hydrogen (secondary N) is 1. The van der Waals surface area contributed by atoms with Gasteiger partial charge in [-0.05, 0) is 42.3 Å². The zero-order valence-electron chi connectivity index (χ0n) is 10.5. The summed E-state index contributed by atoms with van der Waals surface area (Å²) in [5.74, 6) is 2.15. The van der Waals surface area contributed by atoms with Gasteiger partial charge in [-0.1, -0.05) is 0 Å². The van der Waals surface area contributed by atoms with Crippen molar-refractivity contribution in [3.05, 3.63) is 34.1 Å². The fourth-order valence-electron chi connectivity index (χ4n) is 1.53. The van der Waals surface area contributed by atoms with E-state index in [0.29, 0.717) is 11.6 Å². The molecule has 96 valence electrons. The van der Waals surface area contributed by atoms with E-state index in [4.69, 9.17) is 10.2 Å². The van der Waals surface area contributed by atoms with E-state index < -0.39 is 0 Å². The van der Waals surface area contributed by atoms with Gasteiger partial charge in [0.25, 0.3) is 0 Å². The Bertz CT molecular complexity index is 567. The molecule has 3 N–H and O–H groups in total. The Morgan fingerprint density at radius 2 is 2.06 bits per heavy atom. The lowest BCUT2D eigenvalue weighted by Crippen LogP contribution is -2.09. The maximum Gasteiger partial charge on any atom is 0.216 e. The molecule has 6 heteroatoms. The predicted octanol–water partition coefficient (Wildman–Crippen LogP) is 3.20. The second-order valence-corrected chi connectivity index (χ2v) is 4.97. The zero-order valence-corrected chi connectivity index (χ0v) is 12.1. The van der Waals surface area contributed by atoms with E-state index in [2.05, 4.69) is 31.2 Å². The number of oxazole rings is 1. The Kier molecular flexibility index (Phi) is 3.56. The molecule has 2 aromatic rings. The van der Waals surface area contributed by atoms with Crippen molar-refractivity contribution in [2.24, 2.45) is 0 Å². The predicted molar refractivity (Wildman–Crippen MR) is 74.4 cm³/mol. The molecule has 5 nitrogen and oxygen atoms in total. The number of anilines is 2. The van der Waals surface area contributed by atoms with Crippen LogP contribution in [0.3, 0.4) is 0 Å². The number of nitrogen functional groups attached to an aromatic ring is 1. The molecule has 0 aliphatic rings. The highest BCUT2D eigenvalue weighted by Gasteiger charge is 2.14. The number of aryl methyl sites for hydroxylation is 1. The van der Waals surface area contributed by atoms with Crippen molar-refractivity contribution in [2.75, 3.05) is 11.1 Å². The van der Waals surface area contributed by atoms with E-state index in [0.717, 1.165) is 21.6 Å². The molecule has 2 rings (SSSR count). The van der Waals surface area contributed by atoms with Crippen molar-refractivity contribution >= 4 is 27.4 Å². The molecule has 1 atom stereocenters.